The minimum Gasteiger partial charge on any atom is -0.492 e. The van der Waals surface area contributed by atoms with Gasteiger partial charge in [-0.2, -0.15) is 0 Å². The zero-order valence-corrected chi connectivity index (χ0v) is 16.3. The largest absolute Gasteiger partial charge is 0.492 e. The molecular formula is C21H25N3O4. The van der Waals surface area contributed by atoms with E-state index in [2.05, 4.69) is 0 Å². The van der Waals surface area contributed by atoms with Gasteiger partial charge in [0.15, 0.2) is 0 Å². The number of benzene rings is 2. The molecule has 148 valence electrons. The number of ether oxygens (including phenoxy) is 1. The summed E-state index contributed by atoms with van der Waals surface area (Å²) in [6, 6.07) is 12.5. The van der Waals surface area contributed by atoms with Gasteiger partial charge in [0.05, 0.1) is 11.5 Å². The van der Waals surface area contributed by atoms with Crippen molar-refractivity contribution in [1.29, 1.82) is 0 Å². The molecule has 0 unspecified atom stereocenters. The third kappa shape index (κ3) is 4.60. The highest BCUT2D eigenvalue weighted by molar-refractivity contribution is 5.99. The molecule has 0 bridgehead atoms. The van der Waals surface area contributed by atoms with Gasteiger partial charge in [0.25, 0.3) is 11.6 Å². The summed E-state index contributed by atoms with van der Waals surface area (Å²) >= 11 is 0. The van der Waals surface area contributed by atoms with Crippen LogP contribution in [-0.4, -0.2) is 49.0 Å². The molecule has 0 spiro atoms. The van der Waals surface area contributed by atoms with Gasteiger partial charge in [-0.1, -0.05) is 12.1 Å². The van der Waals surface area contributed by atoms with Gasteiger partial charge in [-0.3, -0.25) is 14.9 Å². The van der Waals surface area contributed by atoms with Crippen LogP contribution >= 0.6 is 0 Å². The van der Waals surface area contributed by atoms with Crippen LogP contribution in [0.25, 0.3) is 0 Å². The molecule has 0 N–H and O–H groups in total. The number of aryl methyl sites for hydroxylation is 1. The Labute approximate surface area is 164 Å². The van der Waals surface area contributed by atoms with Crippen molar-refractivity contribution in [2.75, 3.05) is 38.2 Å². The summed E-state index contributed by atoms with van der Waals surface area (Å²) in [5.74, 6) is 0.539. The molecule has 0 aromatic heterocycles. The van der Waals surface area contributed by atoms with Crippen LogP contribution in [0.2, 0.25) is 0 Å². The van der Waals surface area contributed by atoms with E-state index >= 15 is 0 Å². The topological polar surface area (TPSA) is 75.9 Å². The van der Waals surface area contributed by atoms with Crippen LogP contribution in [0, 0.1) is 17.0 Å². The number of rotatable bonds is 7. The average Bonchev–Trinajstić information content (AvgIpc) is 3.21. The lowest BCUT2D eigenvalue weighted by Gasteiger charge is -2.21. The number of hydrogen-bond donors (Lipinski definition) is 0. The number of carbonyl (C=O) groups excluding carboxylic acids is 1. The smallest absolute Gasteiger partial charge is 0.282 e. The van der Waals surface area contributed by atoms with Crippen LogP contribution in [0.5, 0.6) is 5.75 Å². The number of hydrogen-bond acceptors (Lipinski definition) is 5. The van der Waals surface area contributed by atoms with Crippen molar-refractivity contribution >= 4 is 17.3 Å². The molecule has 7 heteroatoms. The Bertz CT molecular complexity index is 862. The second-order valence-corrected chi connectivity index (χ2v) is 7.04. The molecule has 1 heterocycles. The summed E-state index contributed by atoms with van der Waals surface area (Å²) in [5.41, 5.74) is 1.88. The van der Waals surface area contributed by atoms with Crippen molar-refractivity contribution in [3.8, 4) is 5.75 Å². The van der Waals surface area contributed by atoms with Crippen molar-refractivity contribution in [2.45, 2.75) is 19.8 Å². The lowest BCUT2D eigenvalue weighted by molar-refractivity contribution is -0.385. The molecule has 2 aromatic carbocycles. The number of amides is 1. The zero-order chi connectivity index (χ0) is 20.1. The number of likely N-dealkylation sites (tertiary alicyclic amines) is 1. The van der Waals surface area contributed by atoms with Gasteiger partial charge >= 0.3 is 0 Å². The normalized spacial score (nSPS) is 13.4. The molecule has 0 aliphatic carbocycles. The van der Waals surface area contributed by atoms with Crippen LogP contribution in [0.1, 0.15) is 28.8 Å². The number of nitro groups is 1. The summed E-state index contributed by atoms with van der Waals surface area (Å²) in [6.07, 6.45) is 1.88. The van der Waals surface area contributed by atoms with E-state index in [4.69, 9.17) is 4.74 Å². The molecule has 0 radical (unpaired) electrons. The highest BCUT2D eigenvalue weighted by Crippen LogP contribution is 2.27. The highest BCUT2D eigenvalue weighted by atomic mass is 16.6. The molecule has 0 saturated carbocycles. The molecule has 1 amide bonds. The van der Waals surface area contributed by atoms with Gasteiger partial charge in [0.2, 0.25) is 0 Å². The Morgan fingerprint density at radius 2 is 1.96 bits per heavy atom. The summed E-state index contributed by atoms with van der Waals surface area (Å²) < 4.78 is 5.77. The fraction of sp³-hybridized carbons (Fsp3) is 0.381. The monoisotopic (exact) mass is 383 g/mol. The molecule has 7 nitrogen and oxygen atoms in total. The van der Waals surface area contributed by atoms with Gasteiger partial charge in [-0.05, 0) is 49.6 Å². The van der Waals surface area contributed by atoms with E-state index < -0.39 is 4.92 Å². The molecule has 3 rings (SSSR count). The van der Waals surface area contributed by atoms with E-state index in [1.807, 2.05) is 43.1 Å². The summed E-state index contributed by atoms with van der Waals surface area (Å²) in [6.45, 7) is 4.37. The second kappa shape index (κ2) is 8.73. The fourth-order valence-electron chi connectivity index (χ4n) is 3.32. The van der Waals surface area contributed by atoms with Gasteiger partial charge in [0, 0.05) is 31.9 Å². The van der Waals surface area contributed by atoms with Crippen LogP contribution in [-0.2, 0) is 0 Å². The summed E-state index contributed by atoms with van der Waals surface area (Å²) in [4.78, 5) is 27.3. The maximum absolute atomic E-state index is 12.8. The third-order valence-electron chi connectivity index (χ3n) is 4.93. The standard InChI is InChI=1S/C21H25N3O4/c1-16-6-5-7-18(14-16)28-13-12-22(2)17-8-9-20(24(26)27)19(15-17)21(25)23-10-3-4-11-23/h5-9,14-15H,3-4,10-13H2,1-2H3. The summed E-state index contributed by atoms with van der Waals surface area (Å²) in [5, 5.41) is 11.4. The Hall–Kier alpha value is -3.09. The zero-order valence-electron chi connectivity index (χ0n) is 16.3. The van der Waals surface area contributed by atoms with E-state index in [0.29, 0.717) is 26.2 Å². The molecule has 1 saturated heterocycles. The number of nitrogens with zero attached hydrogens (tertiary/aromatic N) is 3. The minimum absolute atomic E-state index is 0.148. The second-order valence-electron chi connectivity index (χ2n) is 7.04. The van der Waals surface area contributed by atoms with E-state index in [9.17, 15) is 14.9 Å². The summed E-state index contributed by atoms with van der Waals surface area (Å²) in [7, 11) is 1.88. The van der Waals surface area contributed by atoms with Crippen molar-refractivity contribution < 1.29 is 14.5 Å². The first-order valence-corrected chi connectivity index (χ1v) is 9.44. The average molecular weight is 383 g/mol. The van der Waals surface area contributed by atoms with Gasteiger partial charge in [0.1, 0.15) is 17.9 Å². The Morgan fingerprint density at radius 3 is 2.64 bits per heavy atom. The minimum atomic E-state index is -0.492. The van der Waals surface area contributed by atoms with E-state index in [-0.39, 0.29) is 17.2 Å². The first kappa shape index (κ1) is 19.7. The van der Waals surface area contributed by atoms with Gasteiger partial charge in [-0.15, -0.1) is 0 Å². The quantitative estimate of drug-likeness (QED) is 0.539. The van der Waals surface area contributed by atoms with Crippen LogP contribution < -0.4 is 9.64 Å². The fourth-order valence-corrected chi connectivity index (χ4v) is 3.32. The predicted octanol–water partition coefficient (Wildman–Crippen LogP) is 3.65. The molecule has 0 atom stereocenters. The molecule has 2 aromatic rings. The number of carbonyl (C=O) groups is 1. The van der Waals surface area contributed by atoms with Crippen molar-refractivity contribution in [2.24, 2.45) is 0 Å². The van der Waals surface area contributed by atoms with E-state index in [0.717, 1.165) is 29.8 Å². The number of likely N-dealkylation sites (N-methyl/N-ethyl adjacent to an activating group) is 1. The lowest BCUT2D eigenvalue weighted by atomic mass is 10.1. The van der Waals surface area contributed by atoms with E-state index in [1.165, 1.54) is 6.07 Å². The SMILES string of the molecule is Cc1cccc(OCCN(C)c2ccc([N+](=O)[O-])c(C(=O)N3CCCC3)c2)c1. The molecule has 1 aliphatic heterocycles. The van der Waals surface area contributed by atoms with Crippen LogP contribution in [0.4, 0.5) is 11.4 Å². The highest BCUT2D eigenvalue weighted by Gasteiger charge is 2.27. The maximum atomic E-state index is 12.8. The Balaban J connectivity index is 1.71. The number of anilines is 1. The molecule has 28 heavy (non-hydrogen) atoms. The van der Waals surface area contributed by atoms with Crippen molar-refractivity contribution in [3.63, 3.8) is 0 Å². The lowest BCUT2D eigenvalue weighted by Crippen LogP contribution is -2.29. The first-order valence-electron chi connectivity index (χ1n) is 9.44. The Morgan fingerprint density at radius 1 is 1.21 bits per heavy atom. The predicted molar refractivity (Wildman–Crippen MR) is 108 cm³/mol. The van der Waals surface area contributed by atoms with Crippen LogP contribution in [0.15, 0.2) is 42.5 Å². The van der Waals surface area contributed by atoms with Gasteiger partial charge in [-0.25, -0.2) is 0 Å². The first-order chi connectivity index (χ1) is 13.5. The molecule has 1 fully saturated rings. The van der Waals surface area contributed by atoms with Crippen molar-refractivity contribution in [1.82, 2.24) is 4.90 Å². The van der Waals surface area contributed by atoms with Gasteiger partial charge < -0.3 is 14.5 Å². The van der Waals surface area contributed by atoms with Crippen LogP contribution in [0.3, 0.4) is 0 Å². The Kier molecular flexibility index (Phi) is 6.13. The maximum Gasteiger partial charge on any atom is 0.282 e. The molecular weight excluding hydrogens is 358 g/mol. The third-order valence-corrected chi connectivity index (χ3v) is 4.93. The van der Waals surface area contributed by atoms with Crippen molar-refractivity contribution in [3.05, 3.63) is 63.7 Å². The number of nitro benzene ring substituents is 1. The molecule has 1 aliphatic rings. The van der Waals surface area contributed by atoms with E-state index in [1.54, 1.807) is 17.0 Å².